The molecule has 0 unspecified atom stereocenters. The van der Waals surface area contributed by atoms with E-state index >= 15 is 0 Å². The van der Waals surface area contributed by atoms with E-state index in [0.717, 1.165) is 44.7 Å². The fourth-order valence-electron chi connectivity index (χ4n) is 3.62. The lowest BCUT2D eigenvalue weighted by Gasteiger charge is -2.20. The number of aryl methyl sites for hydroxylation is 2. The Hall–Kier alpha value is -3.67. The van der Waals surface area contributed by atoms with Crippen molar-refractivity contribution >= 4 is 22.5 Å². The van der Waals surface area contributed by atoms with Crippen molar-refractivity contribution in [3.05, 3.63) is 83.3 Å². The van der Waals surface area contributed by atoms with E-state index in [0.29, 0.717) is 18.9 Å². The molecule has 32 heavy (non-hydrogen) atoms. The van der Waals surface area contributed by atoms with Crippen LogP contribution in [-0.2, 0) is 17.9 Å². The lowest BCUT2D eigenvalue weighted by Crippen LogP contribution is -2.21. The van der Waals surface area contributed by atoms with Crippen LogP contribution in [0, 0.1) is 13.8 Å². The van der Waals surface area contributed by atoms with E-state index in [2.05, 4.69) is 33.9 Å². The van der Waals surface area contributed by atoms with Gasteiger partial charge in [0, 0.05) is 55.1 Å². The summed E-state index contributed by atoms with van der Waals surface area (Å²) in [6, 6.07) is 10.0. The van der Waals surface area contributed by atoms with Gasteiger partial charge in [0.15, 0.2) is 0 Å². The molecule has 1 N–H and O–H groups in total. The number of fused-ring (bicyclic) bond motifs is 1. The highest BCUT2D eigenvalue weighted by atomic mass is 16.5. The van der Waals surface area contributed by atoms with Gasteiger partial charge in [-0.1, -0.05) is 24.8 Å². The maximum atomic E-state index is 11.4. The van der Waals surface area contributed by atoms with Crippen molar-refractivity contribution in [2.75, 3.05) is 14.1 Å². The Morgan fingerprint density at radius 1 is 1.25 bits per heavy atom. The average Bonchev–Trinajstić information content (AvgIpc) is 2.74. The molecule has 1 amide bonds. The second kappa shape index (κ2) is 10.1. The lowest BCUT2D eigenvalue weighted by molar-refractivity contribution is -0.119. The van der Waals surface area contributed by atoms with Gasteiger partial charge in [0.05, 0.1) is 12.2 Å². The summed E-state index contributed by atoms with van der Waals surface area (Å²) >= 11 is 0. The Balaban J connectivity index is 2.01. The molecule has 0 saturated carbocycles. The quantitative estimate of drug-likeness (QED) is 0.531. The van der Waals surface area contributed by atoms with Crippen molar-refractivity contribution in [1.82, 2.24) is 20.2 Å². The van der Waals surface area contributed by atoms with E-state index in [1.165, 1.54) is 6.92 Å². The molecule has 3 aromatic rings. The highest BCUT2D eigenvalue weighted by molar-refractivity contribution is 5.94. The Kier molecular flexibility index (Phi) is 7.25. The second-order valence-electron chi connectivity index (χ2n) is 7.90. The first-order chi connectivity index (χ1) is 15.3. The van der Waals surface area contributed by atoms with Crippen molar-refractivity contribution in [2.45, 2.75) is 33.9 Å². The SMILES string of the molecule is C=C/C=C(/c1cc(C)nc2c(OCc3c(C)ccnc3CNC(C)=O)cccc12)N(C)C. The number of aromatic nitrogens is 2. The van der Waals surface area contributed by atoms with Crippen LogP contribution in [0.5, 0.6) is 5.75 Å². The summed E-state index contributed by atoms with van der Waals surface area (Å²) in [4.78, 5) is 22.7. The van der Waals surface area contributed by atoms with E-state index < -0.39 is 0 Å². The normalized spacial score (nSPS) is 11.3. The number of allylic oxidation sites excluding steroid dienone is 2. The van der Waals surface area contributed by atoms with Crippen LogP contribution in [0.4, 0.5) is 0 Å². The summed E-state index contributed by atoms with van der Waals surface area (Å²) in [5.41, 5.74) is 6.67. The number of carbonyl (C=O) groups excluding carboxylic acids is 1. The number of para-hydroxylation sites is 1. The first kappa shape index (κ1) is 23.0. The van der Waals surface area contributed by atoms with Gasteiger partial charge < -0.3 is 15.0 Å². The van der Waals surface area contributed by atoms with Crippen molar-refractivity contribution < 1.29 is 9.53 Å². The van der Waals surface area contributed by atoms with Gasteiger partial charge >= 0.3 is 0 Å². The van der Waals surface area contributed by atoms with Crippen molar-refractivity contribution in [3.8, 4) is 5.75 Å². The van der Waals surface area contributed by atoms with Crippen LogP contribution < -0.4 is 10.1 Å². The Labute approximate surface area is 189 Å². The summed E-state index contributed by atoms with van der Waals surface area (Å²) in [7, 11) is 4.03. The Morgan fingerprint density at radius 2 is 2.03 bits per heavy atom. The number of amides is 1. The predicted molar refractivity (Wildman–Crippen MR) is 129 cm³/mol. The molecule has 6 heteroatoms. The van der Waals surface area contributed by atoms with E-state index in [9.17, 15) is 4.79 Å². The van der Waals surface area contributed by atoms with E-state index in [4.69, 9.17) is 9.72 Å². The van der Waals surface area contributed by atoms with Crippen LogP contribution in [0.25, 0.3) is 16.6 Å². The van der Waals surface area contributed by atoms with Crippen molar-refractivity contribution in [3.63, 3.8) is 0 Å². The first-order valence-electron chi connectivity index (χ1n) is 10.5. The topological polar surface area (TPSA) is 67.4 Å². The minimum atomic E-state index is -0.0919. The number of hydrogen-bond donors (Lipinski definition) is 1. The molecular weight excluding hydrogens is 400 g/mol. The molecule has 0 atom stereocenters. The maximum absolute atomic E-state index is 11.4. The second-order valence-corrected chi connectivity index (χ2v) is 7.90. The number of rotatable bonds is 8. The predicted octanol–water partition coefficient (Wildman–Crippen LogP) is 4.55. The molecular formula is C26H30N4O2. The van der Waals surface area contributed by atoms with Crippen molar-refractivity contribution in [2.24, 2.45) is 0 Å². The largest absolute Gasteiger partial charge is 0.487 e. The van der Waals surface area contributed by atoms with E-state index in [1.807, 2.05) is 52.2 Å². The smallest absolute Gasteiger partial charge is 0.217 e. The number of hydrogen-bond acceptors (Lipinski definition) is 5. The van der Waals surface area contributed by atoms with Gasteiger partial charge in [-0.15, -0.1) is 0 Å². The number of carbonyl (C=O) groups is 1. The molecule has 0 saturated heterocycles. The van der Waals surface area contributed by atoms with Gasteiger partial charge in [-0.3, -0.25) is 9.78 Å². The van der Waals surface area contributed by atoms with Gasteiger partial charge in [0.2, 0.25) is 5.91 Å². The van der Waals surface area contributed by atoms with Crippen molar-refractivity contribution in [1.29, 1.82) is 0 Å². The van der Waals surface area contributed by atoms with Gasteiger partial charge in [-0.2, -0.15) is 0 Å². The van der Waals surface area contributed by atoms with Gasteiger partial charge in [0.1, 0.15) is 17.9 Å². The number of ether oxygens (including phenoxy) is 1. The molecule has 166 valence electrons. The summed E-state index contributed by atoms with van der Waals surface area (Å²) < 4.78 is 6.28. The van der Waals surface area contributed by atoms with E-state index in [1.54, 1.807) is 12.3 Å². The van der Waals surface area contributed by atoms with Gasteiger partial charge in [-0.05, 0) is 43.7 Å². The summed E-state index contributed by atoms with van der Waals surface area (Å²) in [5.74, 6) is 0.614. The highest BCUT2D eigenvalue weighted by Crippen LogP contribution is 2.32. The summed E-state index contributed by atoms with van der Waals surface area (Å²) in [6.07, 6.45) is 5.54. The minimum Gasteiger partial charge on any atom is -0.487 e. The Bertz CT molecular complexity index is 1180. The lowest BCUT2D eigenvalue weighted by atomic mass is 10.0. The first-order valence-corrected chi connectivity index (χ1v) is 10.5. The molecule has 0 fully saturated rings. The van der Waals surface area contributed by atoms with Crippen LogP contribution in [0.2, 0.25) is 0 Å². The molecule has 0 spiro atoms. The Morgan fingerprint density at radius 3 is 2.72 bits per heavy atom. The number of pyridine rings is 2. The van der Waals surface area contributed by atoms with Crippen LogP contribution >= 0.6 is 0 Å². The van der Waals surface area contributed by atoms with Gasteiger partial charge in [-0.25, -0.2) is 4.98 Å². The fourth-order valence-corrected chi connectivity index (χ4v) is 3.62. The summed E-state index contributed by atoms with van der Waals surface area (Å²) in [5, 5.41) is 3.83. The van der Waals surface area contributed by atoms with Crippen LogP contribution in [-0.4, -0.2) is 34.9 Å². The van der Waals surface area contributed by atoms with Crippen LogP contribution in [0.3, 0.4) is 0 Å². The molecule has 0 aliphatic carbocycles. The van der Waals surface area contributed by atoms with Crippen LogP contribution in [0.1, 0.15) is 35.0 Å². The fraction of sp³-hybridized carbons (Fsp3) is 0.269. The van der Waals surface area contributed by atoms with Gasteiger partial charge in [0.25, 0.3) is 0 Å². The zero-order chi connectivity index (χ0) is 23.3. The molecule has 1 aromatic carbocycles. The molecule has 2 aromatic heterocycles. The molecule has 0 radical (unpaired) electrons. The number of nitrogens with one attached hydrogen (secondary N) is 1. The molecule has 3 rings (SSSR count). The molecule has 2 heterocycles. The molecule has 0 bridgehead atoms. The highest BCUT2D eigenvalue weighted by Gasteiger charge is 2.15. The standard InChI is InChI=1S/C26H30N4O2/c1-7-9-24(30(5)6)21-14-18(3)29-26-20(21)10-8-11-25(26)32-16-22-17(2)12-13-27-23(22)15-28-19(4)31/h7-14H,1,15-16H2,2-6H3,(H,28,31)/b24-9-. The zero-order valence-corrected chi connectivity index (χ0v) is 19.4. The monoisotopic (exact) mass is 430 g/mol. The summed E-state index contributed by atoms with van der Waals surface area (Å²) in [6.45, 7) is 10.1. The van der Waals surface area contributed by atoms with Crippen LogP contribution in [0.15, 0.2) is 55.3 Å². The maximum Gasteiger partial charge on any atom is 0.217 e. The molecule has 0 aliphatic rings. The van der Waals surface area contributed by atoms with E-state index in [-0.39, 0.29) is 5.91 Å². The molecule has 0 aliphatic heterocycles. The zero-order valence-electron chi connectivity index (χ0n) is 19.4. The third kappa shape index (κ3) is 5.14. The number of nitrogens with zero attached hydrogens (tertiary/aromatic N) is 3. The molecule has 6 nitrogen and oxygen atoms in total. The third-order valence-electron chi connectivity index (χ3n) is 5.22. The third-order valence-corrected chi connectivity index (χ3v) is 5.22. The average molecular weight is 431 g/mol. The number of benzene rings is 1. The minimum absolute atomic E-state index is 0.0919.